The number of anilines is 1. The standard InChI is InChI=1S/C32H27N5O4S/c1-5-27(32(38)37-23-12-8-6-10-19(23)20-11-7-9-13-24(20)37)42-31-22(17-34)28(21(16-33)30(35)36-31)18-14-25(39-2)29(41-4)26(15-18)40-3/h6-15,27H,5H2,1-4H3,(H2,35,36). The Morgan fingerprint density at radius 3 is 1.95 bits per heavy atom. The molecule has 0 aliphatic carbocycles. The van der Waals surface area contributed by atoms with Gasteiger partial charge in [-0.3, -0.25) is 9.36 Å². The molecule has 0 aliphatic heterocycles. The first-order valence-corrected chi connectivity index (χ1v) is 13.9. The van der Waals surface area contributed by atoms with Gasteiger partial charge in [-0.2, -0.15) is 10.5 Å². The molecule has 9 nitrogen and oxygen atoms in total. The Labute approximate surface area is 247 Å². The molecule has 5 rings (SSSR count). The number of pyridine rings is 1. The van der Waals surface area contributed by atoms with Gasteiger partial charge in [0, 0.05) is 16.3 Å². The number of nitrogens with two attached hydrogens (primary N) is 1. The number of fused-ring (bicyclic) bond motifs is 3. The van der Waals surface area contributed by atoms with E-state index in [4.69, 9.17) is 19.9 Å². The molecule has 0 saturated heterocycles. The van der Waals surface area contributed by atoms with Crippen molar-refractivity contribution in [1.82, 2.24) is 9.55 Å². The lowest BCUT2D eigenvalue weighted by molar-refractivity contribution is 0.0919. The second kappa shape index (κ2) is 11.7. The lowest BCUT2D eigenvalue weighted by Crippen LogP contribution is -2.24. The monoisotopic (exact) mass is 577 g/mol. The number of thioether (sulfide) groups is 1. The van der Waals surface area contributed by atoms with Crippen molar-refractivity contribution in [1.29, 1.82) is 10.5 Å². The quantitative estimate of drug-likeness (QED) is 0.207. The summed E-state index contributed by atoms with van der Waals surface area (Å²) in [5.74, 6) is 0.847. The van der Waals surface area contributed by atoms with E-state index < -0.39 is 5.25 Å². The van der Waals surface area contributed by atoms with Crippen LogP contribution in [0, 0.1) is 22.7 Å². The Morgan fingerprint density at radius 2 is 1.48 bits per heavy atom. The highest BCUT2D eigenvalue weighted by Gasteiger charge is 2.29. The zero-order valence-corrected chi connectivity index (χ0v) is 24.3. The lowest BCUT2D eigenvalue weighted by Gasteiger charge is -2.19. The third kappa shape index (κ3) is 4.62. The van der Waals surface area contributed by atoms with Crippen LogP contribution in [0.3, 0.4) is 0 Å². The number of nitrogens with zero attached hydrogens (tertiary/aromatic N) is 4. The van der Waals surface area contributed by atoms with Crippen LogP contribution in [0.4, 0.5) is 5.82 Å². The number of ether oxygens (including phenoxy) is 3. The highest BCUT2D eigenvalue weighted by Crippen LogP contribution is 2.45. The van der Waals surface area contributed by atoms with Crippen molar-refractivity contribution >= 4 is 45.3 Å². The first-order chi connectivity index (χ1) is 20.4. The molecule has 210 valence electrons. The van der Waals surface area contributed by atoms with Gasteiger partial charge in [-0.1, -0.05) is 55.1 Å². The summed E-state index contributed by atoms with van der Waals surface area (Å²) in [6.45, 7) is 1.91. The van der Waals surface area contributed by atoms with Crippen LogP contribution in [0.15, 0.2) is 65.7 Å². The summed E-state index contributed by atoms with van der Waals surface area (Å²) in [4.78, 5) is 18.6. The fraction of sp³-hybridized carbons (Fsp3) is 0.188. The predicted molar refractivity (Wildman–Crippen MR) is 163 cm³/mol. The zero-order chi connectivity index (χ0) is 30.0. The molecule has 0 fully saturated rings. The van der Waals surface area contributed by atoms with Gasteiger partial charge < -0.3 is 19.9 Å². The fourth-order valence-corrected chi connectivity index (χ4v) is 6.20. The average molecular weight is 578 g/mol. The van der Waals surface area contributed by atoms with Gasteiger partial charge in [-0.05, 0) is 36.2 Å². The number of nitrogen functional groups attached to an aromatic ring is 1. The van der Waals surface area contributed by atoms with Crippen LogP contribution < -0.4 is 19.9 Å². The summed E-state index contributed by atoms with van der Waals surface area (Å²) in [6.07, 6.45) is 0.455. The molecule has 1 atom stereocenters. The van der Waals surface area contributed by atoms with E-state index in [1.165, 1.54) is 21.3 Å². The van der Waals surface area contributed by atoms with Crippen LogP contribution in [-0.4, -0.2) is 42.0 Å². The van der Waals surface area contributed by atoms with Gasteiger partial charge in [0.25, 0.3) is 0 Å². The van der Waals surface area contributed by atoms with Crippen LogP contribution in [0.2, 0.25) is 0 Å². The number of methoxy groups -OCH3 is 3. The second-order valence-corrected chi connectivity index (χ2v) is 10.5. The van der Waals surface area contributed by atoms with Crippen LogP contribution in [-0.2, 0) is 0 Å². The summed E-state index contributed by atoms with van der Waals surface area (Å²) in [5.41, 5.74) is 8.77. The van der Waals surface area contributed by atoms with E-state index >= 15 is 0 Å². The van der Waals surface area contributed by atoms with E-state index in [-0.39, 0.29) is 33.4 Å². The number of benzene rings is 3. The van der Waals surface area contributed by atoms with Gasteiger partial charge in [-0.25, -0.2) is 4.98 Å². The highest BCUT2D eigenvalue weighted by atomic mass is 32.2. The van der Waals surface area contributed by atoms with Crippen molar-refractivity contribution in [3.8, 4) is 40.5 Å². The first kappa shape index (κ1) is 28.3. The number of nitriles is 2. The second-order valence-electron chi connectivity index (χ2n) is 9.29. The van der Waals surface area contributed by atoms with E-state index in [0.29, 0.717) is 29.2 Å². The fourth-order valence-electron chi connectivity index (χ4n) is 5.14. The number of aromatic nitrogens is 2. The van der Waals surface area contributed by atoms with Crippen molar-refractivity contribution in [3.05, 3.63) is 71.8 Å². The molecule has 2 N–H and O–H groups in total. The molecule has 0 spiro atoms. The van der Waals surface area contributed by atoms with Crippen molar-refractivity contribution < 1.29 is 19.0 Å². The molecule has 5 aromatic rings. The molecule has 42 heavy (non-hydrogen) atoms. The molecule has 0 amide bonds. The van der Waals surface area contributed by atoms with Gasteiger partial charge in [0.05, 0.1) is 43.2 Å². The van der Waals surface area contributed by atoms with E-state index in [1.54, 1.807) is 16.7 Å². The molecule has 2 heterocycles. The zero-order valence-electron chi connectivity index (χ0n) is 23.5. The van der Waals surface area contributed by atoms with Gasteiger partial charge in [0.15, 0.2) is 11.5 Å². The number of para-hydroxylation sites is 2. The predicted octanol–water partition coefficient (Wildman–Crippen LogP) is 6.42. The van der Waals surface area contributed by atoms with Crippen LogP contribution in [0.25, 0.3) is 32.9 Å². The normalized spacial score (nSPS) is 11.6. The molecular formula is C32H27N5O4S. The van der Waals surface area contributed by atoms with E-state index in [1.807, 2.05) is 55.5 Å². The molecule has 0 radical (unpaired) electrons. The maximum atomic E-state index is 14.2. The number of rotatable bonds is 8. The minimum absolute atomic E-state index is 0.0342. The number of hydrogen-bond acceptors (Lipinski definition) is 9. The van der Waals surface area contributed by atoms with E-state index in [0.717, 1.165) is 33.6 Å². The largest absolute Gasteiger partial charge is 0.493 e. The molecule has 0 bridgehead atoms. The summed E-state index contributed by atoms with van der Waals surface area (Å²) < 4.78 is 18.2. The topological polar surface area (TPSA) is 136 Å². The minimum atomic E-state index is -0.607. The third-order valence-corrected chi connectivity index (χ3v) is 8.41. The van der Waals surface area contributed by atoms with Crippen molar-refractivity contribution in [2.75, 3.05) is 27.1 Å². The third-order valence-electron chi connectivity index (χ3n) is 7.07. The molecule has 3 aromatic carbocycles. The van der Waals surface area contributed by atoms with Crippen molar-refractivity contribution in [2.45, 2.75) is 23.6 Å². The summed E-state index contributed by atoms with van der Waals surface area (Å²) in [7, 11) is 4.44. The van der Waals surface area contributed by atoms with Crippen molar-refractivity contribution in [3.63, 3.8) is 0 Å². The van der Waals surface area contributed by atoms with Crippen LogP contribution in [0.5, 0.6) is 17.2 Å². The SMILES string of the molecule is CCC(Sc1nc(N)c(C#N)c(-c2cc(OC)c(OC)c(OC)c2)c1C#N)C(=O)n1c2ccccc2c2ccccc21. The van der Waals surface area contributed by atoms with Gasteiger partial charge in [0.2, 0.25) is 11.7 Å². The molecule has 2 aromatic heterocycles. The Kier molecular flexibility index (Phi) is 7.92. The maximum Gasteiger partial charge on any atom is 0.245 e. The summed E-state index contributed by atoms with van der Waals surface area (Å²) in [6, 6.07) is 23.1. The lowest BCUT2D eigenvalue weighted by atomic mass is 9.96. The summed E-state index contributed by atoms with van der Waals surface area (Å²) >= 11 is 1.15. The van der Waals surface area contributed by atoms with Crippen LogP contribution >= 0.6 is 11.8 Å². The number of carbonyl (C=O) groups is 1. The summed E-state index contributed by atoms with van der Waals surface area (Å²) in [5, 5.41) is 22.0. The molecule has 1 unspecified atom stereocenters. The highest BCUT2D eigenvalue weighted by molar-refractivity contribution is 8.00. The minimum Gasteiger partial charge on any atom is -0.493 e. The number of carbonyl (C=O) groups excluding carboxylic acids is 1. The van der Waals surface area contributed by atoms with Gasteiger partial charge in [0.1, 0.15) is 28.5 Å². The van der Waals surface area contributed by atoms with Gasteiger partial charge in [-0.15, -0.1) is 0 Å². The average Bonchev–Trinajstić information content (AvgIpc) is 3.36. The maximum absolute atomic E-state index is 14.2. The van der Waals surface area contributed by atoms with Crippen molar-refractivity contribution in [2.24, 2.45) is 0 Å². The van der Waals surface area contributed by atoms with Crippen LogP contribution in [0.1, 0.15) is 29.3 Å². The Morgan fingerprint density at radius 1 is 0.929 bits per heavy atom. The molecular weight excluding hydrogens is 550 g/mol. The molecule has 10 heteroatoms. The first-order valence-electron chi connectivity index (χ1n) is 13.0. The number of hydrogen-bond donors (Lipinski definition) is 1. The Hall–Kier alpha value is -5.19. The Bertz CT molecular complexity index is 1860. The Balaban J connectivity index is 1.67. The van der Waals surface area contributed by atoms with E-state index in [2.05, 4.69) is 17.1 Å². The smallest absolute Gasteiger partial charge is 0.245 e. The molecule has 0 aliphatic rings. The molecule has 0 saturated carbocycles. The van der Waals surface area contributed by atoms with Gasteiger partial charge >= 0.3 is 0 Å². The van der Waals surface area contributed by atoms with E-state index in [9.17, 15) is 15.3 Å².